The van der Waals surface area contributed by atoms with Gasteiger partial charge in [-0.2, -0.15) is 4.31 Å². The molecule has 6 nitrogen and oxygen atoms in total. The van der Waals surface area contributed by atoms with Crippen molar-refractivity contribution in [2.24, 2.45) is 17.8 Å². The summed E-state index contributed by atoms with van der Waals surface area (Å²) in [6.45, 7) is 5.17. The van der Waals surface area contributed by atoms with Crippen LogP contribution >= 0.6 is 0 Å². The summed E-state index contributed by atoms with van der Waals surface area (Å²) in [6, 6.07) is 6.39. The maximum Gasteiger partial charge on any atom is 0.243 e. The van der Waals surface area contributed by atoms with Crippen LogP contribution in [-0.2, 0) is 14.8 Å². The fraction of sp³-hybridized carbons (Fsp3) is 0.550. The third kappa shape index (κ3) is 3.95. The van der Waals surface area contributed by atoms with Crippen molar-refractivity contribution in [3.8, 4) is 0 Å². The van der Waals surface area contributed by atoms with Crippen LogP contribution in [0.25, 0.3) is 0 Å². The van der Waals surface area contributed by atoms with Crippen LogP contribution in [0.2, 0.25) is 0 Å². The Balaban J connectivity index is 1.34. The lowest BCUT2D eigenvalue weighted by Gasteiger charge is -2.36. The van der Waals surface area contributed by atoms with E-state index < -0.39 is 10.0 Å². The van der Waals surface area contributed by atoms with E-state index in [0.29, 0.717) is 18.8 Å². The molecule has 1 saturated heterocycles. The number of carbonyl (C=O) groups excluding carboxylic acids is 1. The molecular weight excluding hydrogens is 362 g/mol. The third-order valence-corrected chi connectivity index (χ3v) is 7.97. The van der Waals surface area contributed by atoms with E-state index in [-0.39, 0.29) is 10.8 Å². The highest BCUT2D eigenvalue weighted by Gasteiger charge is 2.37. The second-order valence-corrected chi connectivity index (χ2v) is 9.89. The van der Waals surface area contributed by atoms with Crippen LogP contribution in [0.5, 0.6) is 0 Å². The van der Waals surface area contributed by atoms with Crippen molar-refractivity contribution < 1.29 is 13.2 Å². The molecule has 3 aliphatic rings. The number of carbonyl (C=O) groups is 1. The molecule has 2 bridgehead atoms. The molecule has 1 amide bonds. The van der Waals surface area contributed by atoms with Crippen molar-refractivity contribution in [3.05, 3.63) is 36.4 Å². The summed E-state index contributed by atoms with van der Waals surface area (Å²) >= 11 is 0. The Morgan fingerprint density at radius 2 is 1.78 bits per heavy atom. The molecule has 0 spiro atoms. The van der Waals surface area contributed by atoms with Gasteiger partial charge in [0.2, 0.25) is 15.9 Å². The number of fused-ring (bicyclic) bond motifs is 2. The van der Waals surface area contributed by atoms with Crippen LogP contribution in [0.15, 0.2) is 41.3 Å². The zero-order chi connectivity index (χ0) is 19.0. The van der Waals surface area contributed by atoms with Crippen LogP contribution < -0.4 is 5.32 Å². The van der Waals surface area contributed by atoms with Crippen LogP contribution in [0, 0.1) is 17.8 Å². The minimum Gasteiger partial charge on any atom is -0.326 e. The van der Waals surface area contributed by atoms with E-state index in [1.54, 1.807) is 28.6 Å². The van der Waals surface area contributed by atoms with Gasteiger partial charge in [0.1, 0.15) is 0 Å². The van der Waals surface area contributed by atoms with E-state index in [9.17, 15) is 13.2 Å². The number of amides is 1. The average Bonchev–Trinajstić information content (AvgIpc) is 3.25. The quantitative estimate of drug-likeness (QED) is 0.784. The van der Waals surface area contributed by atoms with Gasteiger partial charge in [-0.05, 0) is 54.9 Å². The summed E-state index contributed by atoms with van der Waals surface area (Å²) in [4.78, 5) is 13.8. The Morgan fingerprint density at radius 1 is 1.07 bits per heavy atom. The van der Waals surface area contributed by atoms with Crippen molar-refractivity contribution in [1.29, 1.82) is 0 Å². The second kappa shape index (κ2) is 7.37. The van der Waals surface area contributed by atoms with Gasteiger partial charge in [0.25, 0.3) is 0 Å². The first-order valence-electron chi connectivity index (χ1n) is 9.70. The van der Waals surface area contributed by atoms with Crippen molar-refractivity contribution in [1.82, 2.24) is 9.21 Å². The lowest BCUT2D eigenvalue weighted by Crippen LogP contribution is -2.49. The SMILES string of the molecule is CC(=O)Nc1ccc(S(=O)(=O)N2CCN(C[C@@H]3C[C@@H]4C=C[C@H]3C4)CC2)cc1. The van der Waals surface area contributed by atoms with Gasteiger partial charge < -0.3 is 10.2 Å². The molecule has 1 aromatic rings. The van der Waals surface area contributed by atoms with Gasteiger partial charge in [-0.15, -0.1) is 0 Å². The molecule has 2 fully saturated rings. The normalized spacial score (nSPS) is 28.6. The highest BCUT2D eigenvalue weighted by atomic mass is 32.2. The van der Waals surface area contributed by atoms with Gasteiger partial charge in [-0.3, -0.25) is 4.79 Å². The predicted molar refractivity (Wildman–Crippen MR) is 105 cm³/mol. The van der Waals surface area contributed by atoms with E-state index in [2.05, 4.69) is 22.4 Å². The molecule has 3 atom stereocenters. The zero-order valence-corrected chi connectivity index (χ0v) is 16.5. The van der Waals surface area contributed by atoms with Gasteiger partial charge in [0.15, 0.2) is 0 Å². The number of piperazine rings is 1. The number of hydrogen-bond donors (Lipinski definition) is 1. The Labute approximate surface area is 161 Å². The number of allylic oxidation sites excluding steroid dienone is 2. The Hall–Kier alpha value is -1.70. The van der Waals surface area contributed by atoms with Crippen molar-refractivity contribution in [3.63, 3.8) is 0 Å². The molecule has 2 aliphatic carbocycles. The highest BCUT2D eigenvalue weighted by molar-refractivity contribution is 7.89. The highest BCUT2D eigenvalue weighted by Crippen LogP contribution is 2.43. The Bertz CT molecular complexity index is 827. The summed E-state index contributed by atoms with van der Waals surface area (Å²) in [5, 5.41) is 2.66. The summed E-state index contributed by atoms with van der Waals surface area (Å²) < 4.78 is 27.4. The summed E-state index contributed by atoms with van der Waals surface area (Å²) in [7, 11) is -3.48. The van der Waals surface area contributed by atoms with Gasteiger partial charge in [0, 0.05) is 45.3 Å². The smallest absolute Gasteiger partial charge is 0.243 e. The molecule has 4 rings (SSSR count). The summed E-state index contributed by atoms with van der Waals surface area (Å²) in [5.74, 6) is 2.08. The Morgan fingerprint density at radius 3 is 2.33 bits per heavy atom. The van der Waals surface area contributed by atoms with Gasteiger partial charge >= 0.3 is 0 Å². The van der Waals surface area contributed by atoms with Crippen LogP contribution in [0.3, 0.4) is 0 Å². The first kappa shape index (κ1) is 18.7. The van der Waals surface area contributed by atoms with Crippen LogP contribution in [0.4, 0.5) is 5.69 Å². The molecule has 1 aliphatic heterocycles. The van der Waals surface area contributed by atoms with Crippen molar-refractivity contribution in [2.45, 2.75) is 24.7 Å². The zero-order valence-electron chi connectivity index (χ0n) is 15.7. The van der Waals surface area contributed by atoms with E-state index in [1.807, 2.05) is 0 Å². The number of anilines is 1. The van der Waals surface area contributed by atoms with Crippen molar-refractivity contribution >= 4 is 21.6 Å². The number of benzene rings is 1. The lowest BCUT2D eigenvalue weighted by molar-refractivity contribution is -0.114. The molecule has 1 aromatic carbocycles. The minimum atomic E-state index is -3.48. The number of nitrogens with zero attached hydrogens (tertiary/aromatic N) is 2. The van der Waals surface area contributed by atoms with E-state index >= 15 is 0 Å². The van der Waals surface area contributed by atoms with Gasteiger partial charge in [0.05, 0.1) is 4.90 Å². The second-order valence-electron chi connectivity index (χ2n) is 7.95. The van der Waals surface area contributed by atoms with E-state index in [0.717, 1.165) is 37.4 Å². The van der Waals surface area contributed by atoms with E-state index in [4.69, 9.17) is 0 Å². The predicted octanol–water partition coefficient (Wildman–Crippen LogP) is 2.16. The van der Waals surface area contributed by atoms with Crippen LogP contribution in [-0.4, -0.2) is 56.3 Å². The maximum atomic E-state index is 12.9. The van der Waals surface area contributed by atoms with E-state index in [1.165, 1.54) is 19.8 Å². The number of rotatable bonds is 5. The van der Waals surface area contributed by atoms with Gasteiger partial charge in [-0.25, -0.2) is 8.42 Å². The molecule has 7 heteroatoms. The largest absolute Gasteiger partial charge is 0.326 e. The minimum absolute atomic E-state index is 0.173. The molecule has 146 valence electrons. The van der Waals surface area contributed by atoms with Crippen LogP contribution in [0.1, 0.15) is 19.8 Å². The lowest BCUT2D eigenvalue weighted by atomic mass is 9.93. The molecule has 1 heterocycles. The molecule has 27 heavy (non-hydrogen) atoms. The summed E-state index contributed by atoms with van der Waals surface area (Å²) in [6.07, 6.45) is 7.35. The number of nitrogens with one attached hydrogen (secondary N) is 1. The Kier molecular flexibility index (Phi) is 5.09. The summed E-state index contributed by atoms with van der Waals surface area (Å²) in [5.41, 5.74) is 0.603. The topological polar surface area (TPSA) is 69.7 Å². The fourth-order valence-corrected chi connectivity index (χ4v) is 6.07. The molecule has 0 aromatic heterocycles. The number of hydrogen-bond acceptors (Lipinski definition) is 4. The molecule has 1 N–H and O–H groups in total. The number of sulfonamides is 1. The van der Waals surface area contributed by atoms with Gasteiger partial charge in [-0.1, -0.05) is 12.2 Å². The first-order valence-corrected chi connectivity index (χ1v) is 11.1. The molecular formula is C20H27N3O3S. The first-order chi connectivity index (χ1) is 12.9. The molecule has 0 radical (unpaired) electrons. The molecule has 1 saturated carbocycles. The van der Waals surface area contributed by atoms with Crippen molar-refractivity contribution in [2.75, 3.05) is 38.0 Å². The third-order valence-electron chi connectivity index (χ3n) is 6.05. The fourth-order valence-electron chi connectivity index (χ4n) is 4.65. The standard InChI is InChI=1S/C20H27N3O3S/c1-15(24)21-19-4-6-20(7-5-19)27(25,26)23-10-8-22(9-11-23)14-18-13-16-2-3-17(18)12-16/h2-7,16-18H,8-14H2,1H3,(H,21,24)/t16-,17+,18+/m1/s1. The molecule has 0 unspecified atom stereocenters. The monoisotopic (exact) mass is 389 g/mol. The average molecular weight is 390 g/mol. The maximum absolute atomic E-state index is 12.9.